The van der Waals surface area contributed by atoms with Gasteiger partial charge in [-0.2, -0.15) is 0 Å². The van der Waals surface area contributed by atoms with Crippen molar-refractivity contribution in [2.24, 2.45) is 7.05 Å². The second-order valence-electron chi connectivity index (χ2n) is 4.70. The van der Waals surface area contributed by atoms with Gasteiger partial charge in [0.2, 0.25) is 10.0 Å². The van der Waals surface area contributed by atoms with E-state index in [1.165, 1.54) is 17.8 Å². The van der Waals surface area contributed by atoms with Crippen molar-refractivity contribution in [1.29, 1.82) is 0 Å². The standard InChI is InChI=1S/C10H14N2O6S2/c1-12-5-8(4-9(12)10(13)14)20(17,18)11-7-2-3-19(15,16)6-7/h4-5,7,11H,2-3,6H2,1H3,(H,13,14). The highest BCUT2D eigenvalue weighted by atomic mass is 32.2. The lowest BCUT2D eigenvalue weighted by atomic mass is 10.3. The molecule has 0 amide bonds. The quantitative estimate of drug-likeness (QED) is 0.747. The molecule has 2 heterocycles. The Morgan fingerprint density at radius 3 is 2.60 bits per heavy atom. The van der Waals surface area contributed by atoms with Crippen molar-refractivity contribution < 1.29 is 26.7 Å². The molecule has 0 aliphatic carbocycles. The third-order valence-electron chi connectivity index (χ3n) is 3.06. The SMILES string of the molecule is Cn1cc(S(=O)(=O)NC2CCS(=O)(=O)C2)cc1C(=O)O. The molecule has 1 aromatic rings. The van der Waals surface area contributed by atoms with Crippen molar-refractivity contribution in [2.75, 3.05) is 11.5 Å². The largest absolute Gasteiger partial charge is 0.477 e. The molecule has 20 heavy (non-hydrogen) atoms. The summed E-state index contributed by atoms with van der Waals surface area (Å²) in [6, 6.07) is 0.368. The van der Waals surface area contributed by atoms with Crippen LogP contribution in [0.15, 0.2) is 17.2 Å². The van der Waals surface area contributed by atoms with Gasteiger partial charge in [0.05, 0.1) is 11.5 Å². The van der Waals surface area contributed by atoms with Crippen LogP contribution < -0.4 is 4.72 Å². The van der Waals surface area contributed by atoms with Gasteiger partial charge in [-0.1, -0.05) is 0 Å². The number of sulfone groups is 1. The van der Waals surface area contributed by atoms with Crippen molar-refractivity contribution in [2.45, 2.75) is 17.4 Å². The Kier molecular flexibility index (Phi) is 3.65. The van der Waals surface area contributed by atoms with E-state index >= 15 is 0 Å². The Bertz CT molecular complexity index is 747. The molecule has 10 heteroatoms. The van der Waals surface area contributed by atoms with E-state index in [0.29, 0.717) is 0 Å². The molecule has 2 N–H and O–H groups in total. The number of carbonyl (C=O) groups is 1. The molecule has 8 nitrogen and oxygen atoms in total. The molecule has 1 unspecified atom stereocenters. The number of nitrogens with one attached hydrogen (secondary N) is 1. The zero-order valence-corrected chi connectivity index (χ0v) is 12.2. The number of rotatable bonds is 4. The van der Waals surface area contributed by atoms with Crippen molar-refractivity contribution >= 4 is 25.8 Å². The van der Waals surface area contributed by atoms with Crippen LogP contribution in [0.2, 0.25) is 0 Å². The maximum absolute atomic E-state index is 12.1. The summed E-state index contributed by atoms with van der Waals surface area (Å²) in [4.78, 5) is 10.7. The summed E-state index contributed by atoms with van der Waals surface area (Å²) in [5.41, 5.74) is -0.163. The minimum absolute atomic E-state index is 0.0463. The van der Waals surface area contributed by atoms with Gasteiger partial charge in [-0.15, -0.1) is 0 Å². The first-order chi connectivity index (χ1) is 9.11. The monoisotopic (exact) mass is 322 g/mol. The van der Waals surface area contributed by atoms with Crippen molar-refractivity contribution in [3.05, 3.63) is 18.0 Å². The number of sulfonamides is 1. The van der Waals surface area contributed by atoms with E-state index in [1.807, 2.05) is 0 Å². The zero-order chi connectivity index (χ0) is 15.1. The summed E-state index contributed by atoms with van der Waals surface area (Å²) in [5.74, 6) is -1.52. The predicted octanol–water partition coefficient (Wildman–Crippen LogP) is -0.811. The van der Waals surface area contributed by atoms with Crippen LogP contribution in [-0.2, 0) is 26.9 Å². The molecule has 1 aromatic heterocycles. The fourth-order valence-electron chi connectivity index (χ4n) is 2.07. The smallest absolute Gasteiger partial charge is 0.352 e. The number of nitrogens with zero attached hydrogens (tertiary/aromatic N) is 1. The van der Waals surface area contributed by atoms with Gasteiger partial charge < -0.3 is 9.67 Å². The van der Waals surface area contributed by atoms with Crippen LogP contribution in [-0.4, -0.2) is 50.0 Å². The molecule has 1 aliphatic heterocycles. The van der Waals surface area contributed by atoms with Crippen LogP contribution in [0, 0.1) is 0 Å². The lowest BCUT2D eigenvalue weighted by Crippen LogP contribution is -2.35. The van der Waals surface area contributed by atoms with Gasteiger partial charge in [0, 0.05) is 19.3 Å². The number of aromatic carboxylic acids is 1. The number of hydrogen-bond donors (Lipinski definition) is 2. The molecule has 0 saturated carbocycles. The Labute approximate surface area is 116 Å². The van der Waals surface area contributed by atoms with Gasteiger partial charge in [0.25, 0.3) is 0 Å². The van der Waals surface area contributed by atoms with E-state index in [1.54, 1.807) is 0 Å². The van der Waals surface area contributed by atoms with E-state index in [9.17, 15) is 21.6 Å². The summed E-state index contributed by atoms with van der Waals surface area (Å²) >= 11 is 0. The van der Waals surface area contributed by atoms with E-state index in [4.69, 9.17) is 5.11 Å². The molecule has 1 atom stereocenters. The van der Waals surface area contributed by atoms with Crippen molar-refractivity contribution in [3.8, 4) is 0 Å². The van der Waals surface area contributed by atoms with Gasteiger partial charge in [-0.05, 0) is 12.5 Å². The summed E-state index contributed by atoms with van der Waals surface area (Å²) in [6.45, 7) is 0. The van der Waals surface area contributed by atoms with Crippen LogP contribution in [0.1, 0.15) is 16.9 Å². The average Bonchev–Trinajstić information content (AvgIpc) is 2.82. The summed E-state index contributed by atoms with van der Waals surface area (Å²) < 4.78 is 50.2. The number of carboxylic acid groups (broad SMARTS) is 1. The third kappa shape index (κ3) is 3.02. The molecular formula is C10H14N2O6S2. The van der Waals surface area contributed by atoms with Crippen LogP contribution in [0.5, 0.6) is 0 Å². The lowest BCUT2D eigenvalue weighted by molar-refractivity contribution is 0.0686. The maximum Gasteiger partial charge on any atom is 0.352 e. The average molecular weight is 322 g/mol. The summed E-state index contributed by atoms with van der Waals surface area (Å²) in [7, 11) is -5.70. The van der Waals surface area contributed by atoms with Gasteiger partial charge in [-0.25, -0.2) is 26.4 Å². The fraction of sp³-hybridized carbons (Fsp3) is 0.500. The molecule has 1 fully saturated rings. The second-order valence-corrected chi connectivity index (χ2v) is 8.64. The predicted molar refractivity (Wildman–Crippen MR) is 69.8 cm³/mol. The highest BCUT2D eigenvalue weighted by molar-refractivity contribution is 7.92. The van der Waals surface area contributed by atoms with Gasteiger partial charge in [0.15, 0.2) is 9.84 Å². The molecule has 1 aliphatic rings. The van der Waals surface area contributed by atoms with E-state index < -0.39 is 31.9 Å². The fourth-order valence-corrected chi connectivity index (χ4v) is 5.19. The highest BCUT2D eigenvalue weighted by Crippen LogP contribution is 2.17. The Morgan fingerprint density at radius 1 is 1.50 bits per heavy atom. The molecule has 1 saturated heterocycles. The second kappa shape index (κ2) is 4.86. The van der Waals surface area contributed by atoms with E-state index in [-0.39, 0.29) is 28.5 Å². The molecule has 2 rings (SSSR count). The molecule has 112 valence electrons. The molecule has 0 aromatic carbocycles. The number of aromatic nitrogens is 1. The van der Waals surface area contributed by atoms with Crippen molar-refractivity contribution in [3.63, 3.8) is 0 Å². The Morgan fingerprint density at radius 2 is 2.15 bits per heavy atom. The van der Waals surface area contributed by atoms with Crippen LogP contribution in [0.4, 0.5) is 0 Å². The zero-order valence-electron chi connectivity index (χ0n) is 10.6. The molecule has 0 spiro atoms. The number of hydrogen-bond acceptors (Lipinski definition) is 5. The minimum Gasteiger partial charge on any atom is -0.477 e. The Balaban J connectivity index is 2.23. The topological polar surface area (TPSA) is 123 Å². The van der Waals surface area contributed by atoms with Gasteiger partial charge in [0.1, 0.15) is 10.6 Å². The van der Waals surface area contributed by atoms with Gasteiger partial charge >= 0.3 is 5.97 Å². The molecular weight excluding hydrogens is 308 g/mol. The number of aryl methyl sites for hydroxylation is 1. The third-order valence-corrected chi connectivity index (χ3v) is 6.32. The normalized spacial score (nSPS) is 21.9. The van der Waals surface area contributed by atoms with Crippen LogP contribution in [0.25, 0.3) is 0 Å². The lowest BCUT2D eigenvalue weighted by Gasteiger charge is -2.09. The first kappa shape index (κ1) is 15.0. The summed E-state index contributed by atoms with van der Waals surface area (Å²) in [6.07, 6.45) is 1.40. The highest BCUT2D eigenvalue weighted by Gasteiger charge is 2.32. The summed E-state index contributed by atoms with van der Waals surface area (Å²) in [5, 5.41) is 8.88. The minimum atomic E-state index is -3.93. The Hall–Kier alpha value is -1.39. The molecule has 0 bridgehead atoms. The van der Waals surface area contributed by atoms with Crippen molar-refractivity contribution in [1.82, 2.24) is 9.29 Å². The van der Waals surface area contributed by atoms with Crippen LogP contribution >= 0.6 is 0 Å². The first-order valence-electron chi connectivity index (χ1n) is 5.73. The van der Waals surface area contributed by atoms with E-state index in [2.05, 4.69) is 4.72 Å². The maximum atomic E-state index is 12.1. The first-order valence-corrected chi connectivity index (χ1v) is 9.03. The van der Waals surface area contributed by atoms with Crippen LogP contribution in [0.3, 0.4) is 0 Å². The van der Waals surface area contributed by atoms with Gasteiger partial charge in [-0.3, -0.25) is 0 Å². The van der Waals surface area contributed by atoms with E-state index in [0.717, 1.165) is 6.07 Å². The molecule has 0 radical (unpaired) electrons. The number of carboxylic acids is 1.